The van der Waals surface area contributed by atoms with Crippen LogP contribution in [0.5, 0.6) is 0 Å². The summed E-state index contributed by atoms with van der Waals surface area (Å²) < 4.78 is 19.1. The minimum atomic E-state index is -0.204. The van der Waals surface area contributed by atoms with E-state index in [2.05, 4.69) is 26.1 Å². The van der Waals surface area contributed by atoms with Crippen molar-refractivity contribution < 1.29 is 9.13 Å². The van der Waals surface area contributed by atoms with Gasteiger partial charge in [0.15, 0.2) is 0 Å². The van der Waals surface area contributed by atoms with E-state index in [1.54, 1.807) is 12.1 Å². The van der Waals surface area contributed by atoms with Gasteiger partial charge in [-0.05, 0) is 30.5 Å². The molecule has 17 heavy (non-hydrogen) atoms. The van der Waals surface area contributed by atoms with Crippen LogP contribution in [0.3, 0.4) is 0 Å². The third-order valence-electron chi connectivity index (χ3n) is 3.37. The molecule has 1 aliphatic heterocycles. The zero-order valence-corrected chi connectivity index (χ0v) is 10.6. The van der Waals surface area contributed by atoms with E-state index >= 15 is 0 Å². The Morgan fingerprint density at radius 3 is 2.76 bits per heavy atom. The summed E-state index contributed by atoms with van der Waals surface area (Å²) >= 11 is 0. The van der Waals surface area contributed by atoms with Gasteiger partial charge >= 0.3 is 0 Å². The van der Waals surface area contributed by atoms with Crippen LogP contribution >= 0.6 is 0 Å². The highest BCUT2D eigenvalue weighted by Crippen LogP contribution is 2.27. The molecule has 0 bridgehead atoms. The van der Waals surface area contributed by atoms with E-state index in [-0.39, 0.29) is 18.0 Å². The number of nitrogens with one attached hydrogen (secondary N) is 1. The van der Waals surface area contributed by atoms with Crippen LogP contribution in [0, 0.1) is 11.7 Å². The van der Waals surface area contributed by atoms with Gasteiger partial charge < -0.3 is 10.1 Å². The molecule has 94 valence electrons. The number of hydrogen-bond donors (Lipinski definition) is 1. The smallest absolute Gasteiger partial charge is 0.123 e. The minimum Gasteiger partial charge on any atom is -0.370 e. The van der Waals surface area contributed by atoms with Crippen LogP contribution < -0.4 is 5.32 Å². The Hall–Kier alpha value is -0.930. The SMILES string of the molecule is CC(C)C1COC(c2cccc(F)c2)C(C)N1. The van der Waals surface area contributed by atoms with E-state index in [9.17, 15) is 4.39 Å². The zero-order chi connectivity index (χ0) is 12.4. The first-order chi connectivity index (χ1) is 8.08. The Morgan fingerprint density at radius 2 is 2.18 bits per heavy atom. The maximum atomic E-state index is 13.2. The molecule has 3 heteroatoms. The van der Waals surface area contributed by atoms with Gasteiger partial charge in [-0.2, -0.15) is 0 Å². The van der Waals surface area contributed by atoms with Gasteiger partial charge in [0.25, 0.3) is 0 Å². The van der Waals surface area contributed by atoms with E-state index in [0.717, 1.165) is 5.56 Å². The second-order valence-corrected chi connectivity index (χ2v) is 5.11. The molecule has 2 nitrogen and oxygen atoms in total. The van der Waals surface area contributed by atoms with Crippen LogP contribution in [-0.4, -0.2) is 18.7 Å². The molecule has 2 rings (SSSR count). The second-order valence-electron chi connectivity index (χ2n) is 5.11. The van der Waals surface area contributed by atoms with Gasteiger partial charge in [-0.3, -0.25) is 0 Å². The predicted octanol–water partition coefficient (Wildman–Crippen LogP) is 2.90. The third kappa shape index (κ3) is 2.85. The zero-order valence-electron chi connectivity index (χ0n) is 10.6. The van der Waals surface area contributed by atoms with Gasteiger partial charge in [0.05, 0.1) is 12.7 Å². The van der Waals surface area contributed by atoms with E-state index < -0.39 is 0 Å². The highest BCUT2D eigenvalue weighted by Gasteiger charge is 2.30. The minimum absolute atomic E-state index is 0.0549. The normalized spacial score (nSPS) is 29.6. The number of halogens is 1. The van der Waals surface area contributed by atoms with Crippen molar-refractivity contribution in [2.75, 3.05) is 6.61 Å². The van der Waals surface area contributed by atoms with Crippen molar-refractivity contribution in [3.63, 3.8) is 0 Å². The number of ether oxygens (including phenoxy) is 1. The number of morpholine rings is 1. The molecule has 1 aromatic rings. The number of hydrogen-bond acceptors (Lipinski definition) is 2. The summed E-state index contributed by atoms with van der Waals surface area (Å²) in [5, 5.41) is 3.54. The molecule has 0 aliphatic carbocycles. The van der Waals surface area contributed by atoms with Crippen molar-refractivity contribution >= 4 is 0 Å². The Labute approximate surface area is 102 Å². The van der Waals surface area contributed by atoms with Gasteiger partial charge in [0, 0.05) is 12.1 Å². The molecule has 1 fully saturated rings. The first kappa shape index (κ1) is 12.5. The maximum Gasteiger partial charge on any atom is 0.123 e. The second kappa shape index (κ2) is 5.15. The number of benzene rings is 1. The molecule has 0 aromatic heterocycles. The van der Waals surface area contributed by atoms with Crippen molar-refractivity contribution in [2.45, 2.75) is 39.0 Å². The highest BCUT2D eigenvalue weighted by molar-refractivity contribution is 5.21. The molecule has 3 atom stereocenters. The molecule has 1 heterocycles. The van der Waals surface area contributed by atoms with E-state index in [1.807, 2.05) is 6.07 Å². The molecule has 0 radical (unpaired) electrons. The van der Waals surface area contributed by atoms with Gasteiger partial charge in [0.2, 0.25) is 0 Å². The Bertz CT molecular complexity index is 380. The van der Waals surface area contributed by atoms with Crippen LogP contribution in [0.15, 0.2) is 24.3 Å². The van der Waals surface area contributed by atoms with Gasteiger partial charge in [0.1, 0.15) is 5.82 Å². The number of rotatable bonds is 2. The fourth-order valence-corrected chi connectivity index (χ4v) is 2.28. The lowest BCUT2D eigenvalue weighted by molar-refractivity contribution is -0.0340. The van der Waals surface area contributed by atoms with Crippen molar-refractivity contribution in [3.8, 4) is 0 Å². The molecule has 0 spiro atoms. The van der Waals surface area contributed by atoms with Crippen molar-refractivity contribution in [1.29, 1.82) is 0 Å². The first-order valence-corrected chi connectivity index (χ1v) is 6.21. The summed E-state index contributed by atoms with van der Waals surface area (Å²) in [5.74, 6) is 0.343. The topological polar surface area (TPSA) is 21.3 Å². The predicted molar refractivity (Wildman–Crippen MR) is 66.3 cm³/mol. The lowest BCUT2D eigenvalue weighted by Gasteiger charge is -2.37. The molecule has 0 amide bonds. The quantitative estimate of drug-likeness (QED) is 0.854. The van der Waals surface area contributed by atoms with E-state index in [0.29, 0.717) is 18.6 Å². The highest BCUT2D eigenvalue weighted by atomic mass is 19.1. The van der Waals surface area contributed by atoms with Crippen molar-refractivity contribution in [3.05, 3.63) is 35.6 Å². The van der Waals surface area contributed by atoms with Gasteiger partial charge in [-0.15, -0.1) is 0 Å². The summed E-state index contributed by atoms with van der Waals surface area (Å²) in [6, 6.07) is 7.25. The molecule has 1 saturated heterocycles. The fourth-order valence-electron chi connectivity index (χ4n) is 2.28. The van der Waals surface area contributed by atoms with E-state index in [4.69, 9.17) is 4.74 Å². The average molecular weight is 237 g/mol. The summed E-state index contributed by atoms with van der Waals surface area (Å²) in [4.78, 5) is 0. The summed E-state index contributed by atoms with van der Waals surface area (Å²) in [5.41, 5.74) is 0.909. The fraction of sp³-hybridized carbons (Fsp3) is 0.571. The standard InChI is InChI=1S/C14H20FNO/c1-9(2)13-8-17-14(10(3)16-13)11-5-4-6-12(15)7-11/h4-7,9-10,13-14,16H,8H2,1-3H3. The molecule has 1 aliphatic rings. The molecular formula is C14H20FNO. The third-order valence-corrected chi connectivity index (χ3v) is 3.37. The van der Waals surface area contributed by atoms with Crippen molar-refractivity contribution in [2.24, 2.45) is 5.92 Å². The van der Waals surface area contributed by atoms with Crippen LogP contribution in [0.25, 0.3) is 0 Å². The van der Waals surface area contributed by atoms with Crippen molar-refractivity contribution in [1.82, 2.24) is 5.32 Å². The molecule has 0 saturated carbocycles. The largest absolute Gasteiger partial charge is 0.370 e. The Morgan fingerprint density at radius 1 is 1.41 bits per heavy atom. The molecule has 1 aromatic carbocycles. The van der Waals surface area contributed by atoms with Gasteiger partial charge in [-0.25, -0.2) is 4.39 Å². The molecular weight excluding hydrogens is 217 g/mol. The van der Waals surface area contributed by atoms with Crippen LogP contribution in [0.1, 0.15) is 32.4 Å². The lowest BCUT2D eigenvalue weighted by atomic mass is 9.96. The van der Waals surface area contributed by atoms with Gasteiger partial charge in [-0.1, -0.05) is 26.0 Å². The first-order valence-electron chi connectivity index (χ1n) is 6.21. The molecule has 1 N–H and O–H groups in total. The Kier molecular flexibility index (Phi) is 3.79. The summed E-state index contributed by atoms with van der Waals surface area (Å²) in [6.07, 6.45) is -0.0549. The van der Waals surface area contributed by atoms with Crippen LogP contribution in [0.4, 0.5) is 4.39 Å². The van der Waals surface area contributed by atoms with E-state index in [1.165, 1.54) is 6.07 Å². The Balaban J connectivity index is 2.09. The summed E-state index contributed by atoms with van der Waals surface area (Å²) in [7, 11) is 0. The average Bonchev–Trinajstić information content (AvgIpc) is 2.28. The monoisotopic (exact) mass is 237 g/mol. The molecule has 3 unspecified atom stereocenters. The summed E-state index contributed by atoms with van der Waals surface area (Å²) in [6.45, 7) is 7.12. The maximum absolute atomic E-state index is 13.2. The lowest BCUT2D eigenvalue weighted by Crippen LogP contribution is -2.51. The van der Waals surface area contributed by atoms with Crippen LogP contribution in [0.2, 0.25) is 0 Å². The van der Waals surface area contributed by atoms with Crippen LogP contribution in [-0.2, 0) is 4.74 Å².